The normalized spacial score (nSPS) is 12.7. The maximum Gasteiger partial charge on any atom is 0.345 e. The van der Waals surface area contributed by atoms with Gasteiger partial charge in [0.15, 0.2) is 0 Å². The van der Waals surface area contributed by atoms with Gasteiger partial charge >= 0.3 is 12.0 Å². The van der Waals surface area contributed by atoms with E-state index in [-0.39, 0.29) is 17.8 Å². The monoisotopic (exact) mass is 270 g/mol. The van der Waals surface area contributed by atoms with Gasteiger partial charge in [0.05, 0.1) is 20.3 Å². The molecule has 0 bridgehead atoms. The molecule has 1 aromatic heterocycles. The second-order valence-corrected chi connectivity index (χ2v) is 4.94. The Kier molecular flexibility index (Phi) is 4.52. The average molecular weight is 270 g/mol. The Hall–Kier alpha value is -2.05. The molecule has 1 heterocycles. The number of carboxylic acid groups (broad SMARTS) is 1. The predicted octanol–water partition coefficient (Wildman–Crippen LogP) is 1.37. The predicted molar refractivity (Wildman–Crippen MR) is 66.6 cm³/mol. The summed E-state index contributed by atoms with van der Waals surface area (Å²) >= 11 is 0. The fourth-order valence-electron chi connectivity index (χ4n) is 1.35. The van der Waals surface area contributed by atoms with E-state index in [2.05, 4.69) is 9.97 Å². The molecule has 0 radical (unpaired) electrons. The van der Waals surface area contributed by atoms with Crippen molar-refractivity contribution in [1.29, 1.82) is 0 Å². The first-order valence-corrected chi connectivity index (χ1v) is 5.64. The van der Waals surface area contributed by atoms with E-state index in [1.165, 1.54) is 20.3 Å². The van der Waals surface area contributed by atoms with Gasteiger partial charge in [-0.05, 0) is 0 Å². The summed E-state index contributed by atoms with van der Waals surface area (Å²) < 4.78 is 15.3. The van der Waals surface area contributed by atoms with Crippen molar-refractivity contribution in [2.45, 2.75) is 26.9 Å². The van der Waals surface area contributed by atoms with E-state index in [4.69, 9.17) is 14.2 Å². The lowest BCUT2D eigenvalue weighted by Crippen LogP contribution is -2.39. The summed E-state index contributed by atoms with van der Waals surface area (Å²) in [5.74, 6) is -0.613. The summed E-state index contributed by atoms with van der Waals surface area (Å²) in [5, 5.41) is 9.18. The third-order valence-electron chi connectivity index (χ3n) is 2.31. The van der Waals surface area contributed by atoms with E-state index < -0.39 is 17.5 Å². The van der Waals surface area contributed by atoms with Gasteiger partial charge in [0.2, 0.25) is 17.9 Å². The van der Waals surface area contributed by atoms with Crippen LogP contribution in [0.4, 0.5) is 0 Å². The number of hydrogen-bond acceptors (Lipinski definition) is 6. The molecule has 1 aromatic rings. The number of nitrogens with zero attached hydrogens (tertiary/aromatic N) is 2. The molecule has 0 aliphatic heterocycles. The highest BCUT2D eigenvalue weighted by atomic mass is 16.5. The van der Waals surface area contributed by atoms with Crippen LogP contribution in [0.3, 0.4) is 0 Å². The first kappa shape index (κ1) is 15.0. The Balaban J connectivity index is 3.05. The van der Waals surface area contributed by atoms with Crippen molar-refractivity contribution in [3.05, 3.63) is 6.07 Å². The van der Waals surface area contributed by atoms with E-state index in [0.29, 0.717) is 0 Å². The number of rotatable bonds is 5. The third-order valence-corrected chi connectivity index (χ3v) is 2.31. The fraction of sp³-hybridized carbons (Fsp3) is 0.583. The van der Waals surface area contributed by atoms with Crippen molar-refractivity contribution in [1.82, 2.24) is 9.97 Å². The Morgan fingerprint density at radius 3 is 2.00 bits per heavy atom. The van der Waals surface area contributed by atoms with Gasteiger partial charge in [0.25, 0.3) is 0 Å². The maximum absolute atomic E-state index is 11.2. The Morgan fingerprint density at radius 1 is 1.21 bits per heavy atom. The van der Waals surface area contributed by atoms with Crippen LogP contribution in [0.1, 0.15) is 20.8 Å². The molecule has 1 N–H and O–H groups in total. The third kappa shape index (κ3) is 3.97. The number of carboxylic acids is 1. The molecular weight excluding hydrogens is 252 g/mol. The molecule has 1 unspecified atom stereocenters. The molecule has 0 aliphatic rings. The standard InChI is InChI=1S/C12H18N2O5/c1-12(2,3)9(10(15)16)19-11-13-7(17-4)6-8(14-11)18-5/h6,9H,1-5H3,(H,15,16). The van der Waals surface area contributed by atoms with Crippen molar-refractivity contribution in [2.75, 3.05) is 14.2 Å². The lowest BCUT2D eigenvalue weighted by molar-refractivity contribution is -0.150. The zero-order chi connectivity index (χ0) is 14.6. The van der Waals surface area contributed by atoms with E-state index in [0.717, 1.165) is 0 Å². The molecule has 0 spiro atoms. The van der Waals surface area contributed by atoms with Crippen LogP contribution in [0.2, 0.25) is 0 Å². The number of carbonyl (C=O) groups is 1. The van der Waals surface area contributed by atoms with Crippen molar-refractivity contribution in [2.24, 2.45) is 5.41 Å². The lowest BCUT2D eigenvalue weighted by atomic mass is 9.89. The summed E-state index contributed by atoms with van der Waals surface area (Å²) in [4.78, 5) is 19.1. The minimum Gasteiger partial charge on any atom is -0.481 e. The van der Waals surface area contributed by atoms with Gasteiger partial charge in [-0.3, -0.25) is 0 Å². The van der Waals surface area contributed by atoms with Gasteiger partial charge in [0, 0.05) is 5.41 Å². The van der Waals surface area contributed by atoms with Crippen molar-refractivity contribution in [3.63, 3.8) is 0 Å². The first-order valence-electron chi connectivity index (χ1n) is 5.64. The van der Waals surface area contributed by atoms with Gasteiger partial charge in [-0.25, -0.2) is 4.79 Å². The van der Waals surface area contributed by atoms with Crippen LogP contribution in [0.5, 0.6) is 17.8 Å². The van der Waals surface area contributed by atoms with Gasteiger partial charge in [-0.15, -0.1) is 0 Å². The molecule has 0 amide bonds. The smallest absolute Gasteiger partial charge is 0.345 e. The SMILES string of the molecule is COc1cc(OC)nc(OC(C(=O)O)C(C)(C)C)n1. The number of ether oxygens (including phenoxy) is 3. The van der Waals surface area contributed by atoms with Crippen LogP contribution in [0.15, 0.2) is 6.07 Å². The van der Waals surface area contributed by atoms with Crippen LogP contribution in [0, 0.1) is 5.41 Å². The van der Waals surface area contributed by atoms with Gasteiger partial charge < -0.3 is 19.3 Å². The molecule has 0 aromatic carbocycles. The zero-order valence-corrected chi connectivity index (χ0v) is 11.6. The molecular formula is C12H18N2O5. The minimum absolute atomic E-state index is 0.0986. The number of aliphatic carboxylic acids is 1. The Morgan fingerprint density at radius 2 is 1.68 bits per heavy atom. The topological polar surface area (TPSA) is 90.8 Å². The van der Waals surface area contributed by atoms with Crippen LogP contribution in [0.25, 0.3) is 0 Å². The molecule has 106 valence electrons. The molecule has 1 rings (SSSR count). The second-order valence-electron chi connectivity index (χ2n) is 4.94. The average Bonchev–Trinajstić information content (AvgIpc) is 2.33. The second kappa shape index (κ2) is 5.73. The highest BCUT2D eigenvalue weighted by Crippen LogP contribution is 2.26. The van der Waals surface area contributed by atoms with Gasteiger partial charge in [-0.1, -0.05) is 20.8 Å². The van der Waals surface area contributed by atoms with Gasteiger partial charge in [0.1, 0.15) is 0 Å². The molecule has 0 aliphatic carbocycles. The summed E-state index contributed by atoms with van der Waals surface area (Å²) in [7, 11) is 2.87. The molecule has 19 heavy (non-hydrogen) atoms. The lowest BCUT2D eigenvalue weighted by Gasteiger charge is -2.26. The van der Waals surface area contributed by atoms with Crippen molar-refractivity contribution in [3.8, 4) is 17.8 Å². The van der Waals surface area contributed by atoms with Crippen molar-refractivity contribution >= 4 is 5.97 Å². The van der Waals surface area contributed by atoms with E-state index >= 15 is 0 Å². The number of hydrogen-bond donors (Lipinski definition) is 1. The fourth-order valence-corrected chi connectivity index (χ4v) is 1.35. The van der Waals surface area contributed by atoms with E-state index in [1.807, 2.05) is 0 Å². The first-order chi connectivity index (χ1) is 8.77. The number of methoxy groups -OCH3 is 2. The molecule has 0 fully saturated rings. The van der Waals surface area contributed by atoms with Crippen LogP contribution in [-0.4, -0.2) is 41.4 Å². The number of aromatic nitrogens is 2. The van der Waals surface area contributed by atoms with E-state index in [9.17, 15) is 9.90 Å². The Labute approximate surface area is 111 Å². The molecule has 7 nitrogen and oxygen atoms in total. The maximum atomic E-state index is 11.2. The van der Waals surface area contributed by atoms with Crippen molar-refractivity contribution < 1.29 is 24.1 Å². The van der Waals surface area contributed by atoms with E-state index in [1.54, 1.807) is 20.8 Å². The minimum atomic E-state index is -1.09. The summed E-state index contributed by atoms with van der Waals surface area (Å²) in [6, 6.07) is 1.37. The molecule has 0 saturated carbocycles. The molecule has 0 saturated heterocycles. The highest BCUT2D eigenvalue weighted by Gasteiger charge is 2.34. The molecule has 1 atom stereocenters. The quantitative estimate of drug-likeness (QED) is 0.864. The van der Waals surface area contributed by atoms with Gasteiger partial charge in [-0.2, -0.15) is 9.97 Å². The Bertz CT molecular complexity index is 434. The van der Waals surface area contributed by atoms with Crippen LogP contribution < -0.4 is 14.2 Å². The highest BCUT2D eigenvalue weighted by molar-refractivity contribution is 5.73. The largest absolute Gasteiger partial charge is 0.481 e. The molecule has 7 heteroatoms. The summed E-state index contributed by atoms with van der Waals surface area (Å²) in [6.07, 6.45) is -1.08. The summed E-state index contributed by atoms with van der Waals surface area (Å²) in [5.41, 5.74) is -0.606. The summed E-state index contributed by atoms with van der Waals surface area (Å²) in [6.45, 7) is 5.26. The van der Waals surface area contributed by atoms with Crippen LogP contribution in [-0.2, 0) is 4.79 Å². The zero-order valence-electron chi connectivity index (χ0n) is 11.6. The van der Waals surface area contributed by atoms with Crippen LogP contribution >= 0.6 is 0 Å².